The van der Waals surface area contributed by atoms with Crippen molar-refractivity contribution >= 4 is 11.9 Å². The van der Waals surface area contributed by atoms with Gasteiger partial charge in [-0.15, -0.1) is 0 Å². The minimum absolute atomic E-state index is 0.655. The van der Waals surface area contributed by atoms with Gasteiger partial charge in [-0.2, -0.15) is 5.26 Å². The zero-order chi connectivity index (χ0) is 16.3. The van der Waals surface area contributed by atoms with E-state index in [1.54, 1.807) is 18.3 Å². The molecule has 0 heterocycles. The lowest BCUT2D eigenvalue weighted by Gasteiger charge is -2.05. The number of benzene rings is 2. The highest BCUT2D eigenvalue weighted by Crippen LogP contribution is 2.18. The molecule has 0 fully saturated rings. The molecule has 0 spiro atoms. The summed E-state index contributed by atoms with van der Waals surface area (Å²) in [5, 5.41) is 8.77. The average molecular weight is 306 g/mol. The predicted molar refractivity (Wildman–Crippen MR) is 94.5 cm³/mol. The van der Waals surface area contributed by atoms with E-state index in [9.17, 15) is 0 Å². The van der Waals surface area contributed by atoms with E-state index in [-0.39, 0.29) is 0 Å². The van der Waals surface area contributed by atoms with E-state index in [0.717, 1.165) is 30.0 Å². The maximum absolute atomic E-state index is 8.77. The molecule has 0 aliphatic heterocycles. The normalized spacial score (nSPS) is 10.6. The number of ether oxygens (including phenoxy) is 1. The highest BCUT2D eigenvalue weighted by Gasteiger charge is 1.95. The third kappa shape index (κ3) is 5.96. The number of aliphatic imine (C=N–C) groups is 1. The summed E-state index contributed by atoms with van der Waals surface area (Å²) in [7, 11) is 0. The molecule has 0 saturated heterocycles. The van der Waals surface area contributed by atoms with Crippen LogP contribution in [0, 0.1) is 11.3 Å². The highest BCUT2D eigenvalue weighted by molar-refractivity contribution is 5.82. The van der Waals surface area contributed by atoms with Crippen molar-refractivity contribution in [3.05, 3.63) is 59.7 Å². The predicted octanol–water partition coefficient (Wildman–Crippen LogP) is 5.27. The molecule has 0 bridgehead atoms. The number of hydrogen-bond donors (Lipinski definition) is 0. The molecule has 0 aromatic heterocycles. The second kappa shape index (κ2) is 9.42. The fourth-order valence-electron chi connectivity index (χ4n) is 2.14. The smallest absolute Gasteiger partial charge is 0.119 e. The number of hydrogen-bond acceptors (Lipinski definition) is 3. The molecule has 2 rings (SSSR count). The van der Waals surface area contributed by atoms with E-state index in [2.05, 4.69) is 18.0 Å². The molecule has 2 aromatic rings. The largest absolute Gasteiger partial charge is 0.494 e. The Morgan fingerprint density at radius 3 is 2.39 bits per heavy atom. The van der Waals surface area contributed by atoms with Gasteiger partial charge in [0.1, 0.15) is 5.75 Å². The van der Waals surface area contributed by atoms with Crippen molar-refractivity contribution in [3.8, 4) is 11.8 Å². The summed E-state index contributed by atoms with van der Waals surface area (Å²) in [6, 6.07) is 17.2. The second-order valence-electron chi connectivity index (χ2n) is 5.40. The van der Waals surface area contributed by atoms with Gasteiger partial charge in [0.15, 0.2) is 0 Å². The van der Waals surface area contributed by atoms with E-state index in [1.165, 1.54) is 19.3 Å². The Morgan fingerprint density at radius 2 is 1.74 bits per heavy atom. The lowest BCUT2D eigenvalue weighted by atomic mass is 10.2. The molecule has 0 amide bonds. The van der Waals surface area contributed by atoms with Crippen LogP contribution in [-0.4, -0.2) is 12.8 Å². The van der Waals surface area contributed by atoms with Crippen LogP contribution in [0.2, 0.25) is 0 Å². The Kier molecular flexibility index (Phi) is 6.87. The fraction of sp³-hybridized carbons (Fsp3) is 0.300. The molecule has 118 valence electrons. The van der Waals surface area contributed by atoms with Crippen LogP contribution in [-0.2, 0) is 0 Å². The standard InChI is InChI=1S/C20H22N2O/c1-2-3-4-5-14-23-20-12-10-19(11-13-20)22-16-18-8-6-17(15-21)7-9-18/h6-13,16H,2-5,14H2,1H3. The lowest BCUT2D eigenvalue weighted by Crippen LogP contribution is -1.96. The summed E-state index contributed by atoms with van der Waals surface area (Å²) >= 11 is 0. The molecule has 0 aliphatic carbocycles. The second-order valence-corrected chi connectivity index (χ2v) is 5.40. The minimum Gasteiger partial charge on any atom is -0.494 e. The van der Waals surface area contributed by atoms with Gasteiger partial charge in [-0.3, -0.25) is 4.99 Å². The topological polar surface area (TPSA) is 45.4 Å². The van der Waals surface area contributed by atoms with E-state index in [4.69, 9.17) is 10.00 Å². The number of nitrogens with zero attached hydrogens (tertiary/aromatic N) is 2. The van der Waals surface area contributed by atoms with Crippen molar-refractivity contribution in [2.75, 3.05) is 6.61 Å². The number of nitriles is 1. The molecule has 0 N–H and O–H groups in total. The van der Waals surface area contributed by atoms with Crippen molar-refractivity contribution in [2.45, 2.75) is 32.6 Å². The van der Waals surface area contributed by atoms with Crippen LogP contribution in [0.3, 0.4) is 0 Å². The van der Waals surface area contributed by atoms with Gasteiger partial charge in [-0.25, -0.2) is 0 Å². The van der Waals surface area contributed by atoms with Crippen LogP contribution in [0.1, 0.15) is 43.7 Å². The zero-order valence-corrected chi connectivity index (χ0v) is 13.5. The van der Waals surface area contributed by atoms with Crippen LogP contribution in [0.25, 0.3) is 0 Å². The van der Waals surface area contributed by atoms with E-state index in [0.29, 0.717) is 5.56 Å². The highest BCUT2D eigenvalue weighted by atomic mass is 16.5. The third-order valence-corrected chi connectivity index (χ3v) is 3.51. The maximum Gasteiger partial charge on any atom is 0.119 e. The van der Waals surface area contributed by atoms with Gasteiger partial charge in [-0.05, 0) is 48.4 Å². The molecule has 23 heavy (non-hydrogen) atoms. The maximum atomic E-state index is 8.77. The first-order valence-corrected chi connectivity index (χ1v) is 8.09. The molecule has 0 atom stereocenters. The van der Waals surface area contributed by atoms with Gasteiger partial charge in [0, 0.05) is 6.21 Å². The minimum atomic E-state index is 0.655. The van der Waals surface area contributed by atoms with Gasteiger partial charge in [-0.1, -0.05) is 38.3 Å². The Morgan fingerprint density at radius 1 is 1.00 bits per heavy atom. The SMILES string of the molecule is CCCCCCOc1ccc(N=Cc2ccc(C#N)cc2)cc1. The third-order valence-electron chi connectivity index (χ3n) is 3.51. The van der Waals surface area contributed by atoms with Crippen molar-refractivity contribution in [2.24, 2.45) is 4.99 Å². The van der Waals surface area contributed by atoms with E-state index >= 15 is 0 Å². The van der Waals surface area contributed by atoms with Crippen molar-refractivity contribution in [1.82, 2.24) is 0 Å². The van der Waals surface area contributed by atoms with Crippen LogP contribution in [0.15, 0.2) is 53.5 Å². The summed E-state index contributed by atoms with van der Waals surface area (Å²) in [6.07, 6.45) is 6.63. The summed E-state index contributed by atoms with van der Waals surface area (Å²) in [5.74, 6) is 0.888. The van der Waals surface area contributed by atoms with Crippen molar-refractivity contribution in [3.63, 3.8) is 0 Å². The molecule has 0 saturated carbocycles. The molecule has 3 nitrogen and oxygen atoms in total. The summed E-state index contributed by atoms with van der Waals surface area (Å²) in [5.41, 5.74) is 2.51. The number of rotatable bonds is 8. The quantitative estimate of drug-likeness (QED) is 0.493. The Bertz CT molecular complexity index is 652. The molecular weight excluding hydrogens is 284 g/mol. The lowest BCUT2D eigenvalue weighted by molar-refractivity contribution is 0.305. The van der Waals surface area contributed by atoms with Crippen molar-refractivity contribution in [1.29, 1.82) is 5.26 Å². The summed E-state index contributed by atoms with van der Waals surface area (Å²) in [4.78, 5) is 4.43. The van der Waals surface area contributed by atoms with Crippen LogP contribution >= 0.6 is 0 Å². The Hall–Kier alpha value is -2.60. The molecule has 3 heteroatoms. The first-order chi connectivity index (χ1) is 11.3. The first kappa shape index (κ1) is 16.8. The van der Waals surface area contributed by atoms with Gasteiger partial charge in [0.25, 0.3) is 0 Å². The zero-order valence-electron chi connectivity index (χ0n) is 13.5. The molecule has 0 aliphatic rings. The molecule has 0 radical (unpaired) electrons. The molecule has 0 unspecified atom stereocenters. The van der Waals surface area contributed by atoms with E-state index in [1.807, 2.05) is 36.4 Å². The Balaban J connectivity index is 1.84. The van der Waals surface area contributed by atoms with Crippen molar-refractivity contribution < 1.29 is 4.74 Å². The van der Waals surface area contributed by atoms with E-state index < -0.39 is 0 Å². The van der Waals surface area contributed by atoms with Crippen LogP contribution in [0.5, 0.6) is 5.75 Å². The fourth-order valence-corrected chi connectivity index (χ4v) is 2.14. The first-order valence-electron chi connectivity index (χ1n) is 8.09. The Labute approximate surface area is 138 Å². The van der Waals surface area contributed by atoms with Crippen LogP contribution in [0.4, 0.5) is 5.69 Å². The van der Waals surface area contributed by atoms with Gasteiger partial charge in [0.05, 0.1) is 23.9 Å². The summed E-state index contributed by atoms with van der Waals surface area (Å²) in [6.45, 7) is 2.98. The van der Waals surface area contributed by atoms with Gasteiger partial charge < -0.3 is 4.74 Å². The molecule has 2 aromatic carbocycles. The monoisotopic (exact) mass is 306 g/mol. The van der Waals surface area contributed by atoms with Gasteiger partial charge >= 0.3 is 0 Å². The molecular formula is C20H22N2O. The van der Waals surface area contributed by atoms with Gasteiger partial charge in [0.2, 0.25) is 0 Å². The summed E-state index contributed by atoms with van der Waals surface area (Å²) < 4.78 is 5.71. The van der Waals surface area contributed by atoms with Crippen LogP contribution < -0.4 is 4.74 Å². The number of unbranched alkanes of at least 4 members (excludes halogenated alkanes) is 3. The average Bonchev–Trinajstić information content (AvgIpc) is 2.61.